The van der Waals surface area contributed by atoms with Gasteiger partial charge in [-0.2, -0.15) is 0 Å². The molecule has 150 valence electrons. The molecule has 0 aromatic heterocycles. The van der Waals surface area contributed by atoms with E-state index in [-0.39, 0.29) is 15.6 Å². The number of rotatable bonds is 9. The molecule has 0 bridgehead atoms. The van der Waals surface area contributed by atoms with E-state index in [4.69, 9.17) is 4.74 Å². The first kappa shape index (κ1) is 23.7. The third kappa shape index (κ3) is 10.7. The molecule has 26 heavy (non-hydrogen) atoms. The van der Waals surface area contributed by atoms with Crippen LogP contribution in [0.5, 0.6) is 0 Å². The minimum Gasteiger partial charge on any atom is -0.460 e. The molecule has 0 aromatic rings. The molecule has 1 fully saturated rings. The summed E-state index contributed by atoms with van der Waals surface area (Å²) in [6.45, 7) is 12.4. The van der Waals surface area contributed by atoms with Crippen molar-refractivity contribution >= 4 is 29.5 Å². The number of ether oxygens (including phenoxy) is 1. The van der Waals surface area contributed by atoms with E-state index in [0.717, 1.165) is 32.1 Å². The van der Waals surface area contributed by atoms with Crippen molar-refractivity contribution in [3.8, 4) is 0 Å². The van der Waals surface area contributed by atoms with E-state index in [0.29, 0.717) is 6.42 Å². The smallest absolute Gasteiger partial charge is 0.306 e. The number of hydrogen-bond acceptors (Lipinski definition) is 4. The Hall–Kier alpha value is -0.350. The van der Waals surface area contributed by atoms with E-state index in [9.17, 15) is 4.79 Å². The molecule has 4 heteroatoms. The molecule has 0 saturated carbocycles. The van der Waals surface area contributed by atoms with E-state index in [2.05, 4.69) is 56.4 Å². The second-order valence-corrected chi connectivity index (χ2v) is 11.7. The molecule has 1 aliphatic heterocycles. The molecule has 0 radical (unpaired) electrons. The zero-order chi connectivity index (χ0) is 19.6. The maximum Gasteiger partial charge on any atom is 0.306 e. The predicted molar refractivity (Wildman–Crippen MR) is 119 cm³/mol. The highest BCUT2D eigenvalue weighted by molar-refractivity contribution is 8.18. The van der Waals surface area contributed by atoms with Gasteiger partial charge in [0.2, 0.25) is 0 Å². The average molecular weight is 399 g/mol. The van der Waals surface area contributed by atoms with Crippen molar-refractivity contribution in [1.82, 2.24) is 0 Å². The molecule has 1 aliphatic rings. The monoisotopic (exact) mass is 398 g/mol. The second kappa shape index (κ2) is 11.5. The normalized spacial score (nSPS) is 17.7. The van der Waals surface area contributed by atoms with Crippen LogP contribution in [0.15, 0.2) is 23.3 Å². The number of carbonyl (C=O) groups is 1. The van der Waals surface area contributed by atoms with Crippen LogP contribution in [0, 0.1) is 0 Å². The van der Waals surface area contributed by atoms with Gasteiger partial charge in [-0.05, 0) is 91.6 Å². The molecule has 1 saturated heterocycles. The van der Waals surface area contributed by atoms with Gasteiger partial charge in [0.25, 0.3) is 0 Å². The first-order chi connectivity index (χ1) is 12.1. The van der Waals surface area contributed by atoms with Crippen molar-refractivity contribution in [3.05, 3.63) is 23.3 Å². The van der Waals surface area contributed by atoms with Crippen LogP contribution in [0.2, 0.25) is 0 Å². The molecular weight excluding hydrogens is 360 g/mol. The van der Waals surface area contributed by atoms with Crippen LogP contribution in [-0.4, -0.2) is 27.2 Å². The van der Waals surface area contributed by atoms with Crippen LogP contribution >= 0.6 is 23.5 Å². The molecule has 0 atom stereocenters. The summed E-state index contributed by atoms with van der Waals surface area (Å²) in [5, 5.41) is 0. The quantitative estimate of drug-likeness (QED) is 0.304. The van der Waals surface area contributed by atoms with E-state index in [1.165, 1.54) is 29.1 Å². The zero-order valence-corrected chi connectivity index (χ0v) is 19.3. The Labute approximate surface area is 170 Å². The summed E-state index contributed by atoms with van der Waals surface area (Å²) in [5.41, 5.74) is 2.50. The SMILES string of the molecule is CC(C)=CCC/C(C)=C\CC1(CCCC(=O)OC(C)(C)C)SCCCS1. The summed E-state index contributed by atoms with van der Waals surface area (Å²) < 4.78 is 5.70. The largest absolute Gasteiger partial charge is 0.460 e. The van der Waals surface area contributed by atoms with Gasteiger partial charge in [0.05, 0.1) is 4.08 Å². The van der Waals surface area contributed by atoms with Crippen molar-refractivity contribution < 1.29 is 9.53 Å². The molecule has 1 rings (SSSR count). The standard InChI is InChI=1S/C22H38O2S2/c1-18(2)10-7-11-19(3)13-15-22(25-16-9-17-26-22)14-8-12-20(23)24-21(4,5)6/h10,13H,7-9,11-12,14-17H2,1-6H3/b19-13-. The lowest BCUT2D eigenvalue weighted by Crippen LogP contribution is -2.26. The highest BCUT2D eigenvalue weighted by atomic mass is 32.2. The Morgan fingerprint density at radius 2 is 1.73 bits per heavy atom. The first-order valence-electron chi connectivity index (χ1n) is 9.91. The third-order valence-electron chi connectivity index (χ3n) is 4.23. The highest BCUT2D eigenvalue weighted by Crippen LogP contribution is 2.48. The minimum absolute atomic E-state index is 0.0631. The highest BCUT2D eigenvalue weighted by Gasteiger charge is 2.32. The first-order valence-corrected chi connectivity index (χ1v) is 11.9. The summed E-state index contributed by atoms with van der Waals surface area (Å²) in [4.78, 5) is 12.0. The molecule has 1 heterocycles. The van der Waals surface area contributed by atoms with E-state index >= 15 is 0 Å². The number of allylic oxidation sites excluding steroid dienone is 4. The zero-order valence-electron chi connectivity index (χ0n) is 17.7. The van der Waals surface area contributed by atoms with Gasteiger partial charge >= 0.3 is 5.97 Å². The molecule has 0 spiro atoms. The molecular formula is C22H38O2S2. The van der Waals surface area contributed by atoms with Gasteiger partial charge in [0.1, 0.15) is 5.60 Å². The van der Waals surface area contributed by atoms with Gasteiger partial charge in [0, 0.05) is 6.42 Å². The van der Waals surface area contributed by atoms with Crippen molar-refractivity contribution in [2.75, 3.05) is 11.5 Å². The van der Waals surface area contributed by atoms with Crippen molar-refractivity contribution in [1.29, 1.82) is 0 Å². The van der Waals surface area contributed by atoms with Gasteiger partial charge in [-0.3, -0.25) is 4.79 Å². The molecule has 0 aliphatic carbocycles. The van der Waals surface area contributed by atoms with Crippen LogP contribution in [0.3, 0.4) is 0 Å². The number of esters is 1. The third-order valence-corrected chi connectivity index (χ3v) is 7.72. The number of carbonyl (C=O) groups excluding carboxylic acids is 1. The van der Waals surface area contributed by atoms with Crippen LogP contribution in [0.4, 0.5) is 0 Å². The summed E-state index contributed by atoms with van der Waals surface area (Å²) in [7, 11) is 0. The molecule has 2 nitrogen and oxygen atoms in total. The fourth-order valence-electron chi connectivity index (χ4n) is 2.90. The van der Waals surface area contributed by atoms with Crippen molar-refractivity contribution in [3.63, 3.8) is 0 Å². The lowest BCUT2D eigenvalue weighted by atomic mass is 10.1. The van der Waals surface area contributed by atoms with Crippen LogP contribution in [-0.2, 0) is 9.53 Å². The van der Waals surface area contributed by atoms with Crippen LogP contribution in [0.1, 0.15) is 86.5 Å². The summed E-state index contributed by atoms with van der Waals surface area (Å²) in [5.74, 6) is 2.42. The Kier molecular flexibility index (Phi) is 10.5. The lowest BCUT2D eigenvalue weighted by molar-refractivity contribution is -0.154. The predicted octanol–water partition coefficient (Wildman–Crippen LogP) is 7.15. The molecule has 0 amide bonds. The van der Waals surface area contributed by atoms with E-state index in [1.54, 1.807) is 0 Å². The Morgan fingerprint density at radius 3 is 2.31 bits per heavy atom. The summed E-state index contributed by atoms with van der Waals surface area (Å²) in [6.07, 6.45) is 12.0. The maximum absolute atomic E-state index is 12.0. The molecule has 0 N–H and O–H groups in total. The molecule has 0 unspecified atom stereocenters. The van der Waals surface area contributed by atoms with Gasteiger partial charge < -0.3 is 4.74 Å². The average Bonchev–Trinajstić information content (AvgIpc) is 2.52. The second-order valence-electron chi connectivity index (χ2n) is 8.48. The summed E-state index contributed by atoms with van der Waals surface area (Å²) >= 11 is 4.20. The summed E-state index contributed by atoms with van der Waals surface area (Å²) in [6, 6.07) is 0. The Balaban J connectivity index is 2.53. The van der Waals surface area contributed by atoms with Gasteiger partial charge in [-0.15, -0.1) is 23.5 Å². The number of thioether (sulfide) groups is 2. The lowest BCUT2D eigenvalue weighted by Gasteiger charge is -2.35. The van der Waals surface area contributed by atoms with Crippen molar-refractivity contribution in [2.24, 2.45) is 0 Å². The number of hydrogen-bond donors (Lipinski definition) is 0. The Morgan fingerprint density at radius 1 is 1.08 bits per heavy atom. The molecule has 0 aromatic carbocycles. The minimum atomic E-state index is -0.381. The van der Waals surface area contributed by atoms with Crippen LogP contribution < -0.4 is 0 Å². The fraction of sp³-hybridized carbons (Fsp3) is 0.773. The Bertz CT molecular complexity index is 491. The van der Waals surface area contributed by atoms with Crippen molar-refractivity contribution in [2.45, 2.75) is 96.2 Å². The van der Waals surface area contributed by atoms with Gasteiger partial charge in [-0.25, -0.2) is 0 Å². The van der Waals surface area contributed by atoms with Gasteiger partial charge in [-0.1, -0.05) is 23.3 Å². The van der Waals surface area contributed by atoms with E-state index in [1.807, 2.05) is 20.8 Å². The van der Waals surface area contributed by atoms with E-state index < -0.39 is 0 Å². The van der Waals surface area contributed by atoms with Crippen LogP contribution in [0.25, 0.3) is 0 Å². The van der Waals surface area contributed by atoms with Gasteiger partial charge in [0.15, 0.2) is 0 Å². The topological polar surface area (TPSA) is 26.3 Å². The maximum atomic E-state index is 12.0. The fourth-order valence-corrected chi connectivity index (χ4v) is 6.21.